The molecule has 0 spiro atoms. The van der Waals surface area contributed by atoms with Gasteiger partial charge in [-0.1, -0.05) is 96.0 Å². The van der Waals surface area contributed by atoms with Crippen LogP contribution < -0.4 is 14.8 Å². The maximum absolute atomic E-state index is 12.8. The summed E-state index contributed by atoms with van der Waals surface area (Å²) in [5, 5.41) is 4.18. The van der Waals surface area contributed by atoms with Crippen LogP contribution in [0.3, 0.4) is 0 Å². The maximum atomic E-state index is 12.8. The number of hydrogen-bond acceptors (Lipinski definition) is 3. The topological polar surface area (TPSA) is 47.6 Å². The van der Waals surface area contributed by atoms with Crippen LogP contribution in [0, 0.1) is 0 Å². The van der Waals surface area contributed by atoms with Crippen molar-refractivity contribution in [1.82, 2.24) is 5.32 Å². The van der Waals surface area contributed by atoms with Gasteiger partial charge in [0.15, 0.2) is 11.5 Å². The monoisotopic (exact) mass is 517 g/mol. The van der Waals surface area contributed by atoms with E-state index < -0.39 is 0 Å². The van der Waals surface area contributed by atoms with Gasteiger partial charge in [0, 0.05) is 21.7 Å². The molecule has 4 nitrogen and oxygen atoms in total. The molecule has 0 aliphatic rings. The molecule has 6 heteroatoms. The first-order chi connectivity index (χ1) is 17.5. The Labute approximate surface area is 221 Å². The van der Waals surface area contributed by atoms with Gasteiger partial charge in [0.25, 0.3) is 0 Å². The van der Waals surface area contributed by atoms with Crippen molar-refractivity contribution in [3.05, 3.63) is 135 Å². The number of halogens is 2. The average Bonchev–Trinajstić information content (AvgIpc) is 2.91. The number of rotatable bonds is 9. The van der Waals surface area contributed by atoms with Crippen molar-refractivity contribution in [2.24, 2.45) is 0 Å². The SMILES string of the molecule is COc1cc(/C=C/C(=O)NC(c2ccccc2)c2ccccc2)ccc1OCc1c(Cl)cccc1Cl. The standard InChI is InChI=1S/C30H25Cl2NO3/c1-35-28-19-21(15-17-27(28)36-20-24-25(31)13-8-14-26(24)32)16-18-29(34)33-30(22-9-4-2-5-10-22)23-11-6-3-7-12-23/h2-19,30H,20H2,1H3,(H,33,34)/b18-16+. The maximum Gasteiger partial charge on any atom is 0.244 e. The minimum Gasteiger partial charge on any atom is -0.493 e. The number of nitrogens with one attached hydrogen (secondary N) is 1. The quantitative estimate of drug-likeness (QED) is 0.234. The molecule has 1 amide bonds. The largest absolute Gasteiger partial charge is 0.493 e. The van der Waals surface area contributed by atoms with Crippen molar-refractivity contribution in [2.75, 3.05) is 7.11 Å². The van der Waals surface area contributed by atoms with Gasteiger partial charge in [0.05, 0.1) is 13.2 Å². The van der Waals surface area contributed by atoms with Gasteiger partial charge in [-0.15, -0.1) is 0 Å². The summed E-state index contributed by atoms with van der Waals surface area (Å²) in [4.78, 5) is 12.8. The summed E-state index contributed by atoms with van der Waals surface area (Å²) < 4.78 is 11.4. The lowest BCUT2D eigenvalue weighted by atomic mass is 9.98. The van der Waals surface area contributed by atoms with Gasteiger partial charge in [-0.2, -0.15) is 0 Å². The summed E-state index contributed by atoms with van der Waals surface area (Å²) in [6.45, 7) is 0.201. The molecule has 0 fully saturated rings. The molecule has 0 radical (unpaired) electrons. The number of methoxy groups -OCH3 is 1. The third-order valence-corrected chi connectivity index (χ3v) is 6.31. The number of ether oxygens (including phenoxy) is 2. The van der Waals surface area contributed by atoms with Crippen LogP contribution in [0.4, 0.5) is 0 Å². The van der Waals surface area contributed by atoms with Gasteiger partial charge in [-0.3, -0.25) is 4.79 Å². The second-order valence-corrected chi connectivity index (χ2v) is 8.81. The van der Waals surface area contributed by atoms with Crippen molar-refractivity contribution in [2.45, 2.75) is 12.6 Å². The zero-order chi connectivity index (χ0) is 25.3. The van der Waals surface area contributed by atoms with Crippen LogP contribution in [0.1, 0.15) is 28.3 Å². The highest BCUT2D eigenvalue weighted by Crippen LogP contribution is 2.32. The van der Waals surface area contributed by atoms with E-state index >= 15 is 0 Å². The smallest absolute Gasteiger partial charge is 0.244 e. The third kappa shape index (κ3) is 6.48. The fraction of sp³-hybridized carbons (Fsp3) is 0.100. The fourth-order valence-corrected chi connectivity index (χ4v) is 4.25. The zero-order valence-corrected chi connectivity index (χ0v) is 21.2. The number of carbonyl (C=O) groups excluding carboxylic acids is 1. The molecule has 0 bridgehead atoms. The second-order valence-electron chi connectivity index (χ2n) is 8.00. The Morgan fingerprint density at radius 2 is 1.44 bits per heavy atom. The Morgan fingerprint density at radius 1 is 0.833 bits per heavy atom. The Balaban J connectivity index is 1.46. The summed E-state index contributed by atoms with van der Waals surface area (Å²) in [6.07, 6.45) is 3.25. The fourth-order valence-electron chi connectivity index (χ4n) is 3.74. The van der Waals surface area contributed by atoms with Crippen molar-refractivity contribution in [3.63, 3.8) is 0 Å². The molecule has 0 aromatic heterocycles. The molecule has 0 aliphatic carbocycles. The Hall–Kier alpha value is -3.73. The summed E-state index contributed by atoms with van der Waals surface area (Å²) >= 11 is 12.5. The Morgan fingerprint density at radius 3 is 2.03 bits per heavy atom. The first-order valence-corrected chi connectivity index (χ1v) is 12.1. The minimum atomic E-state index is -0.258. The Kier molecular flexibility index (Phi) is 8.66. The molecule has 0 atom stereocenters. The number of benzene rings is 4. The van der Waals surface area contributed by atoms with Crippen LogP contribution in [0.15, 0.2) is 103 Å². The van der Waals surface area contributed by atoms with E-state index in [-0.39, 0.29) is 18.6 Å². The van der Waals surface area contributed by atoms with E-state index in [1.54, 1.807) is 43.5 Å². The van der Waals surface area contributed by atoms with Gasteiger partial charge >= 0.3 is 0 Å². The van der Waals surface area contributed by atoms with E-state index in [0.29, 0.717) is 27.1 Å². The van der Waals surface area contributed by atoms with Crippen LogP contribution >= 0.6 is 23.2 Å². The summed E-state index contributed by atoms with van der Waals surface area (Å²) in [6, 6.07) is 30.3. The minimum absolute atomic E-state index is 0.201. The molecular formula is C30H25Cl2NO3. The second kappa shape index (κ2) is 12.3. The van der Waals surface area contributed by atoms with Crippen molar-refractivity contribution >= 4 is 35.2 Å². The molecule has 182 valence electrons. The highest BCUT2D eigenvalue weighted by molar-refractivity contribution is 6.35. The predicted octanol–water partition coefficient (Wildman–Crippen LogP) is 7.50. The van der Waals surface area contributed by atoms with E-state index in [0.717, 1.165) is 16.7 Å². The highest BCUT2D eigenvalue weighted by atomic mass is 35.5. The summed E-state index contributed by atoms with van der Waals surface area (Å²) in [5.74, 6) is 0.871. The molecule has 0 aliphatic heterocycles. The molecule has 0 saturated carbocycles. The van der Waals surface area contributed by atoms with Gasteiger partial charge < -0.3 is 14.8 Å². The average molecular weight is 518 g/mol. The molecular weight excluding hydrogens is 493 g/mol. The molecule has 1 N–H and O–H groups in total. The molecule has 0 saturated heterocycles. The zero-order valence-electron chi connectivity index (χ0n) is 19.7. The van der Waals surface area contributed by atoms with E-state index in [1.165, 1.54) is 6.08 Å². The number of carbonyl (C=O) groups is 1. The first kappa shape index (κ1) is 25.4. The highest BCUT2D eigenvalue weighted by Gasteiger charge is 2.15. The lowest BCUT2D eigenvalue weighted by Crippen LogP contribution is -2.27. The van der Waals surface area contributed by atoms with Gasteiger partial charge in [-0.05, 0) is 47.0 Å². The lowest BCUT2D eigenvalue weighted by molar-refractivity contribution is -0.116. The van der Waals surface area contributed by atoms with Crippen molar-refractivity contribution in [1.29, 1.82) is 0 Å². The normalized spacial score (nSPS) is 11.0. The van der Waals surface area contributed by atoms with Gasteiger partial charge in [0.1, 0.15) is 6.61 Å². The molecule has 4 aromatic carbocycles. The summed E-state index contributed by atoms with van der Waals surface area (Å²) in [5.41, 5.74) is 3.51. The van der Waals surface area contributed by atoms with Crippen LogP contribution in [-0.2, 0) is 11.4 Å². The van der Waals surface area contributed by atoms with Crippen LogP contribution in [-0.4, -0.2) is 13.0 Å². The number of hydrogen-bond donors (Lipinski definition) is 1. The number of amides is 1. The van der Waals surface area contributed by atoms with E-state index in [9.17, 15) is 4.79 Å². The third-order valence-electron chi connectivity index (χ3n) is 5.60. The molecule has 0 unspecified atom stereocenters. The lowest BCUT2D eigenvalue weighted by Gasteiger charge is -2.19. The van der Waals surface area contributed by atoms with Gasteiger partial charge in [0.2, 0.25) is 5.91 Å². The van der Waals surface area contributed by atoms with E-state index in [4.69, 9.17) is 32.7 Å². The predicted molar refractivity (Wildman–Crippen MR) is 146 cm³/mol. The molecule has 4 rings (SSSR count). The van der Waals surface area contributed by atoms with Crippen LogP contribution in [0.25, 0.3) is 6.08 Å². The molecule has 4 aromatic rings. The van der Waals surface area contributed by atoms with Crippen molar-refractivity contribution in [3.8, 4) is 11.5 Å². The van der Waals surface area contributed by atoms with E-state index in [1.807, 2.05) is 66.7 Å². The van der Waals surface area contributed by atoms with E-state index in [2.05, 4.69) is 5.32 Å². The summed E-state index contributed by atoms with van der Waals surface area (Å²) in [7, 11) is 1.56. The van der Waals surface area contributed by atoms with Gasteiger partial charge in [-0.25, -0.2) is 0 Å². The molecule has 0 heterocycles. The Bertz CT molecular complexity index is 1280. The van der Waals surface area contributed by atoms with Crippen LogP contribution in [0.5, 0.6) is 11.5 Å². The first-order valence-electron chi connectivity index (χ1n) is 11.4. The van der Waals surface area contributed by atoms with Crippen molar-refractivity contribution < 1.29 is 14.3 Å². The van der Waals surface area contributed by atoms with Crippen LogP contribution in [0.2, 0.25) is 10.0 Å². The molecule has 36 heavy (non-hydrogen) atoms.